The highest BCUT2D eigenvalue weighted by Gasteiger charge is 2.45. The maximum absolute atomic E-state index is 8.00. The maximum atomic E-state index is 8.00. The SMILES string of the molecule is C[Si](C)(C)O[Si](C)(C)O[Si](C)(O[Si](C)(C)C)c1ccccc1.FF.FF.FF.FF.FF.FF.FF.FF. The summed E-state index contributed by atoms with van der Waals surface area (Å²) in [5, 5.41) is 1.19. The lowest BCUT2D eigenvalue weighted by atomic mass is 10.4. The van der Waals surface area contributed by atoms with Crippen molar-refractivity contribution in [1.29, 1.82) is 0 Å². The van der Waals surface area contributed by atoms with Crippen molar-refractivity contribution >= 4 is 38.9 Å². The molecule has 0 bridgehead atoms. The molecule has 0 heterocycles. The van der Waals surface area contributed by atoms with Crippen molar-refractivity contribution in [2.24, 2.45) is 0 Å². The van der Waals surface area contributed by atoms with Gasteiger partial charge in [-0.05, 0) is 64.1 Å². The van der Waals surface area contributed by atoms with E-state index >= 15 is 0 Å². The van der Waals surface area contributed by atoms with Crippen molar-refractivity contribution in [3.63, 3.8) is 0 Å². The number of halogens is 16. The molecule has 0 amide bonds. The van der Waals surface area contributed by atoms with Crippen LogP contribution in [0.3, 0.4) is 0 Å². The highest BCUT2D eigenvalue weighted by molar-refractivity contribution is 6.94. The van der Waals surface area contributed by atoms with E-state index in [9.17, 15) is 0 Å². The average Bonchev–Trinajstić information content (AvgIpc) is 2.91. The standard InChI is InChI=1S/C15H32O3Si4.8F2/c1-19(2,3)16-21(7,8)18-22(9,17-20(4,5)6)15-13-11-10-12-14-15;8*1-2/h10-14H,1-9H3;;;;;;;;. The first-order valence-corrected chi connectivity index (χ1v) is 21.0. The molecule has 238 valence electrons. The van der Waals surface area contributed by atoms with E-state index in [4.69, 9.17) is 85.5 Å². The molecule has 0 aromatic heterocycles. The Kier molecular flexibility index (Phi) is 56.9. The van der Waals surface area contributed by atoms with Gasteiger partial charge in [0.1, 0.15) is 0 Å². The Morgan fingerprint density at radius 2 is 0.658 bits per heavy atom. The zero-order valence-corrected chi connectivity index (χ0v) is 25.7. The molecule has 0 radical (unpaired) electrons. The van der Waals surface area contributed by atoms with Crippen LogP contribution >= 0.6 is 0 Å². The first-order chi connectivity index (χ1) is 17.7. The van der Waals surface area contributed by atoms with Gasteiger partial charge in [0.15, 0.2) is 16.6 Å². The van der Waals surface area contributed by atoms with Crippen molar-refractivity contribution in [3.8, 4) is 0 Å². The third-order valence-corrected chi connectivity index (χ3v) is 16.1. The zero-order chi connectivity index (χ0) is 33.2. The van der Waals surface area contributed by atoms with Gasteiger partial charge in [-0.15, -0.1) is 0 Å². The summed E-state index contributed by atoms with van der Waals surface area (Å²) in [6.07, 6.45) is 0. The second-order valence-electron chi connectivity index (χ2n) is 8.24. The molecule has 0 spiro atoms. The van der Waals surface area contributed by atoms with Crippen LogP contribution in [0.15, 0.2) is 30.3 Å². The number of benzene rings is 1. The molecule has 0 saturated heterocycles. The Hall–Kier alpha value is -1.15. The first kappa shape index (κ1) is 56.9. The van der Waals surface area contributed by atoms with Crippen LogP contribution in [0.1, 0.15) is 0 Å². The molecule has 1 aromatic rings. The van der Waals surface area contributed by atoms with Gasteiger partial charge >= 0.3 is 17.1 Å². The average molecular weight is 677 g/mol. The minimum absolute atomic E-state index is 1.19. The Bertz CT molecular complexity index is 517. The third-order valence-electron chi connectivity index (χ3n) is 2.79. The molecular weight excluding hydrogens is 644 g/mol. The minimum atomic E-state index is -2.48. The van der Waals surface area contributed by atoms with Gasteiger partial charge in [0, 0.05) is 73.2 Å². The molecular formula is C15H32F16O3Si4. The normalized spacial score (nSPS) is 10.8. The Labute approximate surface area is 214 Å². The molecule has 1 unspecified atom stereocenters. The molecule has 3 nitrogen and oxygen atoms in total. The van der Waals surface area contributed by atoms with Crippen LogP contribution in [-0.4, -0.2) is 33.8 Å². The smallest absolute Gasteiger partial charge is 0.350 e. The fraction of sp³-hybridized carbons (Fsp3) is 0.600. The van der Waals surface area contributed by atoms with Crippen LogP contribution in [0, 0.1) is 0 Å². The first-order valence-electron chi connectivity index (χ1n) is 9.03. The molecule has 38 heavy (non-hydrogen) atoms. The third kappa shape index (κ3) is 42.0. The molecule has 1 rings (SSSR count). The van der Waals surface area contributed by atoms with E-state index in [0.29, 0.717) is 0 Å². The predicted octanol–water partition coefficient (Wildman–Crippen LogP) is 11.1. The van der Waals surface area contributed by atoms with Crippen LogP contribution in [0.25, 0.3) is 0 Å². The van der Waals surface area contributed by atoms with Gasteiger partial charge in [0.2, 0.25) is 0 Å². The van der Waals surface area contributed by atoms with Crippen LogP contribution in [0.5, 0.6) is 0 Å². The summed E-state index contributed by atoms with van der Waals surface area (Å²) in [7, 11) is -8.07. The van der Waals surface area contributed by atoms with Crippen LogP contribution < -0.4 is 5.19 Å². The van der Waals surface area contributed by atoms with E-state index in [0.717, 1.165) is 0 Å². The lowest BCUT2D eigenvalue weighted by Gasteiger charge is -2.41. The van der Waals surface area contributed by atoms with Gasteiger partial charge in [0.05, 0.1) is 0 Å². The van der Waals surface area contributed by atoms with E-state index in [1.165, 1.54) is 5.19 Å². The molecule has 1 atom stereocenters. The summed E-state index contributed by atoms with van der Waals surface area (Å²) >= 11 is 0. The highest BCUT2D eigenvalue weighted by atomic mass is 28.5. The molecule has 23 heteroatoms. The lowest BCUT2D eigenvalue weighted by molar-refractivity contribution is 0.108. The van der Waals surface area contributed by atoms with Crippen molar-refractivity contribution in [2.75, 3.05) is 0 Å². The Balaban J connectivity index is -0.0000000799. The molecule has 0 N–H and O–H groups in total. The Morgan fingerprint density at radius 3 is 0.895 bits per heavy atom. The van der Waals surface area contributed by atoms with E-state index in [1.54, 1.807) is 0 Å². The number of hydrogen-bond donors (Lipinski definition) is 0. The maximum Gasteiger partial charge on any atom is 0.350 e. The van der Waals surface area contributed by atoms with E-state index in [1.807, 2.05) is 6.07 Å². The topological polar surface area (TPSA) is 27.7 Å². The summed E-state index contributed by atoms with van der Waals surface area (Å²) in [4.78, 5) is 0. The minimum Gasteiger partial charge on any atom is -0.437 e. The van der Waals surface area contributed by atoms with Crippen LogP contribution in [-0.2, 0) is 12.3 Å². The quantitative estimate of drug-likeness (QED) is 0.213. The second kappa shape index (κ2) is 38.0. The molecule has 0 aliphatic carbocycles. The van der Waals surface area contributed by atoms with E-state index < -0.39 is 33.8 Å². The van der Waals surface area contributed by atoms with E-state index in [2.05, 4.69) is 83.2 Å². The number of rotatable bonds is 7. The van der Waals surface area contributed by atoms with Crippen molar-refractivity contribution in [1.82, 2.24) is 0 Å². The molecule has 0 fully saturated rings. The summed E-state index contributed by atoms with van der Waals surface area (Å²) in [6.45, 7) is 19.8. The fourth-order valence-corrected chi connectivity index (χ4v) is 19.8. The second-order valence-corrected chi connectivity index (χ2v) is 24.4. The summed E-state index contributed by atoms with van der Waals surface area (Å²) in [6, 6.07) is 10.4. The molecule has 0 saturated carbocycles. The molecule has 1 aromatic carbocycles. The molecule has 0 aliphatic heterocycles. The largest absolute Gasteiger partial charge is 0.437 e. The molecule has 0 aliphatic rings. The van der Waals surface area contributed by atoms with Gasteiger partial charge in [-0.2, -0.15) is 0 Å². The Morgan fingerprint density at radius 1 is 0.395 bits per heavy atom. The fourth-order valence-electron chi connectivity index (χ4n) is 2.69. The summed E-state index contributed by atoms with van der Waals surface area (Å²) in [5.41, 5.74) is 0. The van der Waals surface area contributed by atoms with Gasteiger partial charge in [0.25, 0.3) is 0 Å². The lowest BCUT2D eigenvalue weighted by Crippen LogP contribution is -2.62. The van der Waals surface area contributed by atoms with E-state index in [-0.39, 0.29) is 0 Å². The van der Waals surface area contributed by atoms with Gasteiger partial charge < -0.3 is 12.3 Å². The van der Waals surface area contributed by atoms with Crippen molar-refractivity contribution < 1.29 is 85.5 Å². The monoisotopic (exact) mass is 676 g/mol. The zero-order valence-electron chi connectivity index (χ0n) is 21.7. The van der Waals surface area contributed by atoms with Gasteiger partial charge in [-0.25, -0.2) is 0 Å². The van der Waals surface area contributed by atoms with Crippen LogP contribution in [0.4, 0.5) is 73.2 Å². The van der Waals surface area contributed by atoms with Gasteiger partial charge in [-0.3, -0.25) is 0 Å². The number of hydrogen-bond acceptors (Lipinski definition) is 3. The van der Waals surface area contributed by atoms with Crippen LogP contribution in [0.2, 0.25) is 58.9 Å². The summed E-state index contributed by atoms with van der Waals surface area (Å²) in [5.74, 6) is 0. The predicted molar refractivity (Wildman–Crippen MR) is 123 cm³/mol. The highest BCUT2D eigenvalue weighted by Crippen LogP contribution is 2.24. The van der Waals surface area contributed by atoms with Crippen molar-refractivity contribution in [3.05, 3.63) is 30.3 Å². The van der Waals surface area contributed by atoms with Gasteiger partial charge in [-0.1, -0.05) is 30.3 Å². The summed E-state index contributed by atoms with van der Waals surface area (Å²) < 4.78 is 148. The van der Waals surface area contributed by atoms with Crippen molar-refractivity contribution in [2.45, 2.75) is 58.9 Å².